The molecule has 0 atom stereocenters. The van der Waals surface area contributed by atoms with Crippen molar-refractivity contribution in [2.24, 2.45) is 0 Å². The van der Waals surface area contributed by atoms with Gasteiger partial charge in [-0.2, -0.15) is 0 Å². The van der Waals surface area contributed by atoms with Crippen LogP contribution in [0, 0.1) is 0 Å². The van der Waals surface area contributed by atoms with E-state index in [-0.39, 0.29) is 0 Å². The van der Waals surface area contributed by atoms with Crippen molar-refractivity contribution >= 4 is 6.08 Å². The van der Waals surface area contributed by atoms with Gasteiger partial charge in [0.2, 0.25) is 0 Å². The first-order valence-corrected chi connectivity index (χ1v) is 7.64. The summed E-state index contributed by atoms with van der Waals surface area (Å²) in [7, 11) is 1.72. The van der Waals surface area contributed by atoms with Crippen molar-refractivity contribution in [3.05, 3.63) is 59.8 Å². The molecule has 1 aliphatic carbocycles. The number of methoxy groups -OCH3 is 1. The van der Waals surface area contributed by atoms with Gasteiger partial charge in [0.1, 0.15) is 5.75 Å². The van der Waals surface area contributed by atoms with Crippen LogP contribution < -0.4 is 4.74 Å². The second-order valence-electron chi connectivity index (χ2n) is 5.33. The van der Waals surface area contributed by atoms with E-state index in [4.69, 9.17) is 4.74 Å². The molecule has 0 unspecified atom stereocenters. The Kier molecular flexibility index (Phi) is 5.68. The lowest BCUT2D eigenvalue weighted by Gasteiger charge is -2.18. The predicted octanol–water partition coefficient (Wildman–Crippen LogP) is 4.44. The van der Waals surface area contributed by atoms with E-state index in [1.807, 2.05) is 19.1 Å². The number of likely N-dealkylation sites (tertiary alicyclic amines) is 1. The van der Waals surface area contributed by atoms with Gasteiger partial charge >= 0.3 is 0 Å². The third-order valence-electron chi connectivity index (χ3n) is 3.89. The van der Waals surface area contributed by atoms with Crippen molar-refractivity contribution in [1.82, 2.24) is 4.90 Å². The minimum atomic E-state index is 0.956. The first-order valence-electron chi connectivity index (χ1n) is 7.64. The number of hydrogen-bond acceptors (Lipinski definition) is 2. The van der Waals surface area contributed by atoms with Crippen LogP contribution in [0.3, 0.4) is 0 Å². The van der Waals surface area contributed by atoms with Crippen LogP contribution in [0.25, 0.3) is 6.08 Å². The molecule has 0 radical (unpaired) electrons. The van der Waals surface area contributed by atoms with Gasteiger partial charge in [0.15, 0.2) is 0 Å². The van der Waals surface area contributed by atoms with Crippen molar-refractivity contribution in [3.63, 3.8) is 0 Å². The summed E-state index contributed by atoms with van der Waals surface area (Å²) in [6, 6.07) is 6.38. The lowest BCUT2D eigenvalue weighted by atomic mass is 10.1. The molecule has 1 aromatic rings. The standard InChI is InChI=1S/C14H17NO.C5H8/c1-16-14-5-4-11-8-13(9-12(11)10-14)15-6-2-3-7-15;1-3-5-4-2/h4-5,9-10H,2-3,6-8H2,1H3;3-5H,1H2,2H3/b;5-4-. The molecule has 21 heavy (non-hydrogen) atoms. The van der Waals surface area contributed by atoms with Crippen LogP contribution in [0.15, 0.2) is 48.7 Å². The van der Waals surface area contributed by atoms with Crippen LogP contribution in [0.2, 0.25) is 0 Å². The van der Waals surface area contributed by atoms with Gasteiger partial charge in [0.25, 0.3) is 0 Å². The summed E-state index contributed by atoms with van der Waals surface area (Å²) in [6.45, 7) is 7.89. The Bertz CT molecular complexity index is 536. The molecule has 2 heteroatoms. The van der Waals surface area contributed by atoms with E-state index < -0.39 is 0 Å². The van der Waals surface area contributed by atoms with Crippen LogP contribution in [0.1, 0.15) is 30.9 Å². The Hall–Kier alpha value is -1.96. The number of allylic oxidation sites excluding steroid dienone is 4. The molecule has 0 spiro atoms. The van der Waals surface area contributed by atoms with E-state index in [0.29, 0.717) is 0 Å². The Morgan fingerprint density at radius 1 is 1.24 bits per heavy atom. The second kappa shape index (κ2) is 7.72. The zero-order valence-electron chi connectivity index (χ0n) is 13.1. The molecular formula is C19H25NO. The average molecular weight is 283 g/mol. The fourth-order valence-electron chi connectivity index (χ4n) is 2.76. The monoisotopic (exact) mass is 283 g/mol. The smallest absolute Gasteiger partial charge is 0.119 e. The van der Waals surface area contributed by atoms with Gasteiger partial charge in [-0.1, -0.05) is 30.9 Å². The average Bonchev–Trinajstić information content (AvgIpc) is 3.16. The van der Waals surface area contributed by atoms with Crippen LogP contribution in [0.5, 0.6) is 5.75 Å². The fraction of sp³-hybridized carbons (Fsp3) is 0.368. The highest BCUT2D eigenvalue weighted by atomic mass is 16.5. The lowest BCUT2D eigenvalue weighted by molar-refractivity contribution is 0.414. The summed E-state index contributed by atoms with van der Waals surface area (Å²) in [6.07, 6.45) is 11.7. The molecule has 112 valence electrons. The zero-order chi connectivity index (χ0) is 15.1. The number of hydrogen-bond donors (Lipinski definition) is 0. The SMILES string of the molecule is C=C/C=C\C.COc1ccc2c(c1)C=C(N1CCCC1)C2. The third kappa shape index (κ3) is 4.01. The van der Waals surface area contributed by atoms with Crippen molar-refractivity contribution in [3.8, 4) is 5.75 Å². The molecule has 1 fully saturated rings. The topological polar surface area (TPSA) is 12.5 Å². The molecule has 0 bridgehead atoms. The summed E-state index contributed by atoms with van der Waals surface area (Å²) in [5, 5.41) is 0. The quantitative estimate of drug-likeness (QED) is 0.761. The van der Waals surface area contributed by atoms with E-state index >= 15 is 0 Å². The van der Waals surface area contributed by atoms with Gasteiger partial charge in [-0.3, -0.25) is 0 Å². The van der Waals surface area contributed by atoms with Crippen molar-refractivity contribution in [2.75, 3.05) is 20.2 Å². The Morgan fingerprint density at radius 3 is 2.57 bits per heavy atom. The van der Waals surface area contributed by atoms with Gasteiger partial charge in [-0.15, -0.1) is 0 Å². The number of nitrogens with zero attached hydrogens (tertiary/aromatic N) is 1. The highest BCUT2D eigenvalue weighted by Crippen LogP contribution is 2.31. The molecule has 2 nitrogen and oxygen atoms in total. The maximum absolute atomic E-state index is 5.26. The van der Waals surface area contributed by atoms with E-state index in [0.717, 1.165) is 12.2 Å². The molecule has 2 aliphatic rings. The van der Waals surface area contributed by atoms with Gasteiger partial charge in [0.05, 0.1) is 7.11 Å². The number of benzene rings is 1. The molecule has 0 N–H and O–H groups in total. The van der Waals surface area contributed by atoms with Crippen LogP contribution >= 0.6 is 0 Å². The zero-order valence-corrected chi connectivity index (χ0v) is 13.1. The maximum atomic E-state index is 5.26. The molecule has 1 heterocycles. The van der Waals surface area contributed by atoms with Gasteiger partial charge in [-0.25, -0.2) is 0 Å². The van der Waals surface area contributed by atoms with Gasteiger partial charge in [-0.05, 0) is 49.1 Å². The summed E-state index contributed by atoms with van der Waals surface area (Å²) >= 11 is 0. The van der Waals surface area contributed by atoms with Crippen molar-refractivity contribution in [1.29, 1.82) is 0 Å². The summed E-state index contributed by atoms with van der Waals surface area (Å²) in [5.41, 5.74) is 4.25. The van der Waals surface area contributed by atoms with E-state index in [1.54, 1.807) is 13.2 Å². The molecular weight excluding hydrogens is 258 g/mol. The predicted molar refractivity (Wildman–Crippen MR) is 90.5 cm³/mol. The third-order valence-corrected chi connectivity index (χ3v) is 3.89. The molecule has 0 saturated carbocycles. The number of fused-ring (bicyclic) bond motifs is 1. The first-order chi connectivity index (χ1) is 10.3. The van der Waals surface area contributed by atoms with Crippen molar-refractivity contribution in [2.45, 2.75) is 26.2 Å². The maximum Gasteiger partial charge on any atom is 0.119 e. The van der Waals surface area contributed by atoms with Crippen LogP contribution in [0.4, 0.5) is 0 Å². The van der Waals surface area contributed by atoms with E-state index in [1.165, 1.54) is 42.8 Å². The molecule has 1 aromatic carbocycles. The molecule has 1 aliphatic heterocycles. The van der Waals surface area contributed by atoms with Crippen molar-refractivity contribution < 1.29 is 4.74 Å². The van der Waals surface area contributed by atoms with Crippen LogP contribution in [-0.2, 0) is 6.42 Å². The minimum absolute atomic E-state index is 0.956. The molecule has 3 rings (SSSR count). The highest BCUT2D eigenvalue weighted by Gasteiger charge is 2.20. The van der Waals surface area contributed by atoms with Gasteiger partial charge in [0, 0.05) is 25.2 Å². The Labute approximate surface area is 128 Å². The number of ether oxygens (including phenoxy) is 1. The normalized spacial score (nSPS) is 16.3. The molecule has 0 amide bonds. The summed E-state index contributed by atoms with van der Waals surface area (Å²) < 4.78 is 5.26. The second-order valence-corrected chi connectivity index (χ2v) is 5.33. The first kappa shape index (κ1) is 15.4. The Morgan fingerprint density at radius 2 is 2.00 bits per heavy atom. The fourth-order valence-corrected chi connectivity index (χ4v) is 2.76. The van der Waals surface area contributed by atoms with Crippen LogP contribution in [-0.4, -0.2) is 25.1 Å². The summed E-state index contributed by atoms with van der Waals surface area (Å²) in [4.78, 5) is 2.52. The summed E-state index contributed by atoms with van der Waals surface area (Å²) in [5.74, 6) is 0.956. The number of rotatable bonds is 3. The molecule has 0 aromatic heterocycles. The van der Waals surface area contributed by atoms with E-state index in [2.05, 4.69) is 35.8 Å². The minimum Gasteiger partial charge on any atom is -0.497 e. The van der Waals surface area contributed by atoms with E-state index in [9.17, 15) is 0 Å². The Balaban J connectivity index is 0.000000282. The highest BCUT2D eigenvalue weighted by molar-refractivity contribution is 5.64. The molecule has 1 saturated heterocycles. The largest absolute Gasteiger partial charge is 0.497 e. The lowest BCUT2D eigenvalue weighted by Crippen LogP contribution is -2.18. The van der Waals surface area contributed by atoms with Gasteiger partial charge < -0.3 is 9.64 Å².